The predicted molar refractivity (Wildman–Crippen MR) is 19.2 cm³/mol. The second-order valence-corrected chi connectivity index (χ2v) is 0.340. The Morgan fingerprint density at radius 1 is 1.50 bits per heavy atom. The van der Waals surface area contributed by atoms with Gasteiger partial charge in [-0.15, -0.1) is 0 Å². The maximum atomic E-state index is 8.58. The highest BCUT2D eigenvalue weighted by molar-refractivity contribution is 7.51. The standard InChI is InChI=1S/CH3NO.O2S/c2-1-3;1-3-2/h1H,(H2,2,3);. The van der Waals surface area contributed by atoms with Gasteiger partial charge in [-0.3, -0.25) is 4.79 Å². The SMILES string of the molecule is NC=O.O=S=O. The summed E-state index contributed by atoms with van der Waals surface area (Å²) in [6.45, 7) is 0. The van der Waals surface area contributed by atoms with E-state index in [0.29, 0.717) is 0 Å². The summed E-state index contributed by atoms with van der Waals surface area (Å²) in [7, 11) is 0. The van der Waals surface area contributed by atoms with Crippen LogP contribution < -0.4 is 5.73 Å². The topological polar surface area (TPSA) is 77.2 Å². The first-order chi connectivity index (χ1) is 2.83. The molecule has 0 saturated heterocycles. The lowest BCUT2D eigenvalue weighted by molar-refractivity contribution is -0.106. The molecule has 0 saturated carbocycles. The predicted octanol–water partition coefficient (Wildman–Crippen LogP) is -1.57. The molecular formula is CH3NO3S. The molecule has 36 valence electrons. The number of hydrogen-bond acceptors (Lipinski definition) is 3. The minimum atomic E-state index is -0.750. The van der Waals surface area contributed by atoms with Gasteiger partial charge in [0, 0.05) is 0 Å². The van der Waals surface area contributed by atoms with Crippen molar-refractivity contribution in [1.29, 1.82) is 0 Å². The van der Waals surface area contributed by atoms with Crippen LogP contribution in [0, 0.1) is 0 Å². The van der Waals surface area contributed by atoms with Crippen molar-refractivity contribution in [3.63, 3.8) is 0 Å². The Morgan fingerprint density at radius 2 is 1.50 bits per heavy atom. The van der Waals surface area contributed by atoms with Crippen molar-refractivity contribution in [1.82, 2.24) is 0 Å². The molecule has 1 amide bonds. The molecule has 0 aromatic heterocycles. The normalized spacial score (nSPS) is 4.00. The molecule has 0 fully saturated rings. The summed E-state index contributed by atoms with van der Waals surface area (Å²) >= 11 is -0.750. The number of primary amides is 1. The van der Waals surface area contributed by atoms with Gasteiger partial charge in [-0.2, -0.15) is 8.42 Å². The van der Waals surface area contributed by atoms with Crippen LogP contribution in [0.1, 0.15) is 0 Å². The van der Waals surface area contributed by atoms with Gasteiger partial charge in [0.2, 0.25) is 6.41 Å². The van der Waals surface area contributed by atoms with Crippen LogP contribution in [0.5, 0.6) is 0 Å². The molecule has 0 unspecified atom stereocenters. The molecular weight excluding hydrogens is 106 g/mol. The Labute approximate surface area is 37.9 Å². The van der Waals surface area contributed by atoms with Gasteiger partial charge >= 0.3 is 11.6 Å². The first-order valence-electron chi connectivity index (χ1n) is 0.902. The third kappa shape index (κ3) is 34.2. The summed E-state index contributed by atoms with van der Waals surface area (Å²) in [5, 5.41) is 0. The summed E-state index contributed by atoms with van der Waals surface area (Å²) in [6, 6.07) is 0. The number of hydrogen-bond donors (Lipinski definition) is 1. The van der Waals surface area contributed by atoms with Crippen molar-refractivity contribution in [2.45, 2.75) is 0 Å². The van der Waals surface area contributed by atoms with Gasteiger partial charge in [0.25, 0.3) is 0 Å². The van der Waals surface area contributed by atoms with E-state index in [1.807, 2.05) is 0 Å². The van der Waals surface area contributed by atoms with Crippen LogP contribution in [0.15, 0.2) is 0 Å². The van der Waals surface area contributed by atoms with Crippen LogP contribution in [0.3, 0.4) is 0 Å². The average Bonchev–Trinajstić information content (AvgIpc) is 1.39. The lowest BCUT2D eigenvalue weighted by atomic mass is 11.5. The number of nitrogens with two attached hydrogens (primary N) is 1. The van der Waals surface area contributed by atoms with E-state index in [-0.39, 0.29) is 6.41 Å². The molecule has 6 heavy (non-hydrogen) atoms. The van der Waals surface area contributed by atoms with Crippen LogP contribution in [0.25, 0.3) is 0 Å². The summed E-state index contributed by atoms with van der Waals surface area (Å²) in [6.07, 6.45) is 0.250. The minimum Gasteiger partial charge on any atom is -0.372 e. The molecule has 0 rings (SSSR count). The fraction of sp³-hybridized carbons (Fsp3) is 0. The monoisotopic (exact) mass is 109 g/mol. The van der Waals surface area contributed by atoms with E-state index in [0.717, 1.165) is 0 Å². The van der Waals surface area contributed by atoms with Crippen LogP contribution in [-0.4, -0.2) is 14.8 Å². The summed E-state index contributed by atoms with van der Waals surface area (Å²) in [5.74, 6) is 0. The molecule has 0 heterocycles. The zero-order chi connectivity index (χ0) is 5.41. The van der Waals surface area contributed by atoms with E-state index < -0.39 is 11.6 Å². The van der Waals surface area contributed by atoms with Crippen molar-refractivity contribution >= 4 is 18.0 Å². The van der Waals surface area contributed by atoms with Crippen molar-refractivity contribution < 1.29 is 13.2 Å². The van der Waals surface area contributed by atoms with Gasteiger partial charge in [0.1, 0.15) is 0 Å². The van der Waals surface area contributed by atoms with Crippen LogP contribution in [0.4, 0.5) is 0 Å². The van der Waals surface area contributed by atoms with Crippen molar-refractivity contribution in [2.24, 2.45) is 5.73 Å². The molecule has 0 aromatic carbocycles. The first-order valence-corrected chi connectivity index (χ1v) is 1.57. The Morgan fingerprint density at radius 3 is 1.50 bits per heavy atom. The van der Waals surface area contributed by atoms with E-state index >= 15 is 0 Å². The lowest BCUT2D eigenvalue weighted by Crippen LogP contribution is -1.82. The smallest absolute Gasteiger partial charge is 0.335 e. The molecule has 4 nitrogen and oxygen atoms in total. The quantitative estimate of drug-likeness (QED) is 0.382. The number of carbonyl (C=O) groups excluding carboxylic acids is 1. The Balaban J connectivity index is 0. The molecule has 0 aliphatic carbocycles. The van der Waals surface area contributed by atoms with E-state index in [4.69, 9.17) is 13.2 Å². The van der Waals surface area contributed by atoms with Gasteiger partial charge in [-0.05, 0) is 0 Å². The maximum absolute atomic E-state index is 8.58. The van der Waals surface area contributed by atoms with E-state index in [2.05, 4.69) is 5.73 Å². The second kappa shape index (κ2) is 27.9. The Bertz CT molecular complexity index is 55.8. The van der Waals surface area contributed by atoms with Crippen LogP contribution in [-0.2, 0) is 16.4 Å². The largest absolute Gasteiger partial charge is 0.372 e. The average molecular weight is 109 g/mol. The highest BCUT2D eigenvalue weighted by Gasteiger charge is 1.19. The van der Waals surface area contributed by atoms with Gasteiger partial charge in [-0.25, -0.2) is 0 Å². The zero-order valence-electron chi connectivity index (χ0n) is 2.79. The number of rotatable bonds is 0. The van der Waals surface area contributed by atoms with Gasteiger partial charge in [0.05, 0.1) is 0 Å². The van der Waals surface area contributed by atoms with Crippen molar-refractivity contribution in [3.05, 3.63) is 0 Å². The summed E-state index contributed by atoms with van der Waals surface area (Å²) in [5.41, 5.74) is 4.17. The van der Waals surface area contributed by atoms with E-state index in [9.17, 15) is 0 Å². The molecule has 0 radical (unpaired) electrons. The fourth-order valence-corrected chi connectivity index (χ4v) is 0. The third-order valence-corrected chi connectivity index (χ3v) is 0. The molecule has 2 N–H and O–H groups in total. The minimum absolute atomic E-state index is 0.250. The van der Waals surface area contributed by atoms with Crippen LogP contribution in [0.2, 0.25) is 0 Å². The molecule has 0 aromatic rings. The van der Waals surface area contributed by atoms with Crippen molar-refractivity contribution in [3.8, 4) is 0 Å². The van der Waals surface area contributed by atoms with Crippen molar-refractivity contribution in [2.75, 3.05) is 0 Å². The van der Waals surface area contributed by atoms with E-state index in [1.54, 1.807) is 0 Å². The maximum Gasteiger partial charge on any atom is 0.335 e. The molecule has 0 bridgehead atoms. The van der Waals surface area contributed by atoms with Gasteiger partial charge in [-0.1, -0.05) is 0 Å². The Kier molecular flexibility index (Phi) is 41.8. The van der Waals surface area contributed by atoms with Crippen LogP contribution >= 0.6 is 0 Å². The zero-order valence-corrected chi connectivity index (χ0v) is 3.60. The number of carbonyl (C=O) groups is 1. The highest BCUT2D eigenvalue weighted by atomic mass is 32.1. The summed E-state index contributed by atoms with van der Waals surface area (Å²) < 4.78 is 16.6. The molecule has 5 heteroatoms. The number of amides is 1. The molecule has 0 aliphatic heterocycles. The second-order valence-electron chi connectivity index (χ2n) is 0.204. The lowest BCUT2D eigenvalue weighted by Gasteiger charge is -1.32. The fourth-order valence-electron chi connectivity index (χ4n) is 0. The third-order valence-electron chi connectivity index (χ3n) is 0. The van der Waals surface area contributed by atoms with Gasteiger partial charge < -0.3 is 5.73 Å². The molecule has 0 spiro atoms. The summed E-state index contributed by atoms with van der Waals surface area (Å²) in [4.78, 5) is 8.58. The first kappa shape index (κ1) is 8.99. The van der Waals surface area contributed by atoms with E-state index in [1.165, 1.54) is 0 Å². The Hall–Kier alpha value is -0.710. The highest BCUT2D eigenvalue weighted by Crippen LogP contribution is 0.846. The molecule has 0 atom stereocenters. The molecule has 0 aliphatic rings. The van der Waals surface area contributed by atoms with Gasteiger partial charge in [0.15, 0.2) is 0 Å².